The third-order valence-corrected chi connectivity index (χ3v) is 12.1. The van der Waals surface area contributed by atoms with Crippen LogP contribution in [0.4, 0.5) is 4.79 Å². The van der Waals surface area contributed by atoms with Crippen molar-refractivity contribution in [1.29, 1.82) is 0 Å². The van der Waals surface area contributed by atoms with Gasteiger partial charge in [-0.15, -0.1) is 24.8 Å². The third-order valence-electron chi connectivity index (χ3n) is 11.6. The molecule has 0 spiro atoms. The molecule has 4 fully saturated rings. The Morgan fingerprint density at radius 2 is 1.09 bits per heavy atom. The molecule has 4 aliphatic rings. The van der Waals surface area contributed by atoms with Crippen molar-refractivity contribution in [3.05, 3.63) is 69.7 Å². The lowest BCUT2D eigenvalue weighted by atomic mass is 9.94. The van der Waals surface area contributed by atoms with Crippen LogP contribution >= 0.6 is 48.0 Å². The second-order valence-electron chi connectivity index (χ2n) is 16.6. The van der Waals surface area contributed by atoms with Gasteiger partial charge in [-0.25, -0.2) is 4.79 Å². The highest BCUT2D eigenvalue weighted by Crippen LogP contribution is 2.28. The lowest BCUT2D eigenvalue weighted by molar-refractivity contribution is -0.0255. The minimum absolute atomic E-state index is 0. The van der Waals surface area contributed by atoms with Crippen LogP contribution in [0, 0.1) is 0 Å². The molecule has 6 rings (SSSR count). The minimum atomic E-state index is -0.469. The van der Waals surface area contributed by atoms with Crippen LogP contribution in [0.1, 0.15) is 57.6 Å². The number of piperazine rings is 2. The van der Waals surface area contributed by atoms with Gasteiger partial charge in [0.25, 0.3) is 0 Å². The number of carbonyl (C=O) groups is 1. The average molecular weight is 849 g/mol. The average Bonchev–Trinajstić information content (AvgIpc) is 3.14. The Balaban J connectivity index is 0.000000294. The number of aliphatic hydroxyl groups is 2. The summed E-state index contributed by atoms with van der Waals surface area (Å²) in [4.78, 5) is 24.1. The first kappa shape index (κ1) is 48.0. The van der Waals surface area contributed by atoms with Gasteiger partial charge in [0.2, 0.25) is 0 Å². The van der Waals surface area contributed by atoms with Crippen molar-refractivity contribution >= 4 is 54.1 Å². The van der Waals surface area contributed by atoms with Crippen molar-refractivity contribution in [1.82, 2.24) is 29.8 Å². The lowest BCUT2D eigenvalue weighted by Gasteiger charge is -2.49. The van der Waals surface area contributed by atoms with E-state index in [0.29, 0.717) is 37.3 Å². The van der Waals surface area contributed by atoms with E-state index >= 15 is 0 Å². The highest BCUT2D eigenvalue weighted by Gasteiger charge is 2.38. The second kappa shape index (κ2) is 22.7. The van der Waals surface area contributed by atoms with Gasteiger partial charge in [0.15, 0.2) is 0 Å². The maximum atomic E-state index is 12.4. The number of carbonyl (C=O) groups excluding carboxylic acids is 1. The summed E-state index contributed by atoms with van der Waals surface area (Å²) in [7, 11) is 4.23. The zero-order valence-corrected chi connectivity index (χ0v) is 36.6. The molecule has 10 nitrogen and oxygen atoms in total. The largest absolute Gasteiger partial charge is 0.444 e. The number of halogens is 4. The molecule has 2 aromatic rings. The Morgan fingerprint density at radius 3 is 1.47 bits per heavy atom. The van der Waals surface area contributed by atoms with Crippen molar-refractivity contribution in [2.75, 3.05) is 79.7 Å². The fourth-order valence-corrected chi connectivity index (χ4v) is 8.77. The molecule has 55 heavy (non-hydrogen) atoms. The van der Waals surface area contributed by atoms with Crippen molar-refractivity contribution in [2.24, 2.45) is 0 Å². The normalized spacial score (nSPS) is 25.3. The zero-order valence-electron chi connectivity index (χ0n) is 33.4. The molecule has 4 saturated heterocycles. The van der Waals surface area contributed by atoms with E-state index < -0.39 is 5.60 Å². The molecule has 312 valence electrons. The van der Waals surface area contributed by atoms with Gasteiger partial charge in [-0.1, -0.05) is 47.5 Å². The van der Waals surface area contributed by atoms with Crippen molar-refractivity contribution in [2.45, 2.75) is 101 Å². The maximum Gasteiger partial charge on any atom is 0.410 e. The standard InChI is InChI=1S/C23H36ClN3O3.C18H28ClN3O.2ClH/c1-23(2,3)30-22(29)26-11-9-19(10-12-26)27-15-21(16-28)25(4)14-20(27)13-17-5-7-18(24)8-6-17;1-21-11-17(10-14-2-4-15(19)5-3-14)22(12-18(21)13-23)16-6-8-20-9-7-16;;/h5-8,19-21,28H,9-16H2,1-4H3;2-5,16-18,20,23H,6-13H2,1H3;2*1H/t20?,21-;17?,18-;;/m11../s1. The molecular weight excluding hydrogens is 782 g/mol. The van der Waals surface area contributed by atoms with E-state index in [4.69, 9.17) is 27.9 Å². The summed E-state index contributed by atoms with van der Waals surface area (Å²) in [6, 6.07) is 18.7. The summed E-state index contributed by atoms with van der Waals surface area (Å²) in [5.74, 6) is 0. The minimum Gasteiger partial charge on any atom is -0.444 e. The fraction of sp³-hybridized carbons (Fsp3) is 0.683. The third kappa shape index (κ3) is 14.1. The predicted octanol–water partition coefficient (Wildman–Crippen LogP) is 5.71. The Morgan fingerprint density at radius 1 is 0.691 bits per heavy atom. The number of nitrogens with one attached hydrogen (secondary N) is 1. The molecule has 3 N–H and O–H groups in total. The van der Waals surface area contributed by atoms with Gasteiger partial charge in [0.1, 0.15) is 5.60 Å². The summed E-state index contributed by atoms with van der Waals surface area (Å²) in [6.07, 6.45) is 6.05. The maximum absolute atomic E-state index is 12.4. The molecule has 0 aliphatic carbocycles. The molecule has 0 aromatic heterocycles. The Kier molecular flexibility index (Phi) is 19.8. The number of nitrogens with zero attached hydrogens (tertiary/aromatic N) is 5. The lowest BCUT2D eigenvalue weighted by Crippen LogP contribution is -2.62. The van der Waals surface area contributed by atoms with Gasteiger partial charge in [-0.05, 0) is 122 Å². The van der Waals surface area contributed by atoms with Gasteiger partial charge in [-0.3, -0.25) is 19.6 Å². The van der Waals surface area contributed by atoms with E-state index in [-0.39, 0.29) is 56.2 Å². The van der Waals surface area contributed by atoms with Crippen molar-refractivity contribution in [3.63, 3.8) is 0 Å². The van der Waals surface area contributed by atoms with Crippen LogP contribution < -0.4 is 5.32 Å². The zero-order chi connectivity index (χ0) is 38.1. The quantitative estimate of drug-likeness (QED) is 0.309. The number of piperidine rings is 2. The van der Waals surface area contributed by atoms with E-state index in [2.05, 4.69) is 63.3 Å². The van der Waals surface area contributed by atoms with Crippen molar-refractivity contribution in [3.8, 4) is 0 Å². The summed E-state index contributed by atoms with van der Waals surface area (Å²) in [5, 5.41) is 24.6. The first-order valence-corrected chi connectivity index (χ1v) is 20.4. The first-order valence-electron chi connectivity index (χ1n) is 19.6. The summed E-state index contributed by atoms with van der Waals surface area (Å²) in [6.45, 7) is 13.5. The van der Waals surface area contributed by atoms with Gasteiger partial charge in [0.05, 0.1) is 13.2 Å². The van der Waals surface area contributed by atoms with Crippen LogP contribution in [-0.4, -0.2) is 162 Å². The molecule has 14 heteroatoms. The van der Waals surface area contributed by atoms with E-state index in [1.54, 1.807) is 0 Å². The van der Waals surface area contributed by atoms with Gasteiger partial charge >= 0.3 is 6.09 Å². The molecule has 4 heterocycles. The van der Waals surface area contributed by atoms with E-state index in [0.717, 1.165) is 75.0 Å². The van der Waals surface area contributed by atoms with E-state index in [1.165, 1.54) is 24.0 Å². The molecule has 2 aromatic carbocycles. The van der Waals surface area contributed by atoms with Gasteiger partial charge < -0.3 is 25.2 Å². The monoisotopic (exact) mass is 846 g/mol. The van der Waals surface area contributed by atoms with Crippen LogP contribution in [0.3, 0.4) is 0 Å². The Labute approximate surface area is 352 Å². The predicted molar refractivity (Wildman–Crippen MR) is 230 cm³/mol. The molecule has 1 amide bonds. The number of ether oxygens (including phenoxy) is 1. The van der Waals surface area contributed by atoms with Crippen LogP contribution in [0.25, 0.3) is 0 Å². The number of rotatable bonds is 8. The first-order chi connectivity index (χ1) is 25.3. The fourth-order valence-electron chi connectivity index (χ4n) is 8.52. The molecule has 4 aliphatic heterocycles. The number of aliphatic hydroxyl groups excluding tert-OH is 2. The number of likely N-dealkylation sites (N-methyl/N-ethyl adjacent to an activating group) is 2. The second-order valence-corrected chi connectivity index (χ2v) is 17.5. The highest BCUT2D eigenvalue weighted by molar-refractivity contribution is 6.30. The molecule has 0 bridgehead atoms. The van der Waals surface area contributed by atoms with Gasteiger partial charge in [0, 0.05) is 85.6 Å². The number of hydrogen-bond acceptors (Lipinski definition) is 9. The van der Waals surface area contributed by atoms with Crippen LogP contribution in [-0.2, 0) is 17.6 Å². The van der Waals surface area contributed by atoms with Crippen molar-refractivity contribution < 1.29 is 19.7 Å². The van der Waals surface area contributed by atoms with Crippen LogP contribution in [0.2, 0.25) is 10.0 Å². The summed E-state index contributed by atoms with van der Waals surface area (Å²) in [5.41, 5.74) is 2.15. The summed E-state index contributed by atoms with van der Waals surface area (Å²) < 4.78 is 5.54. The van der Waals surface area contributed by atoms with E-state index in [1.807, 2.05) is 49.9 Å². The molecule has 0 saturated carbocycles. The topological polar surface area (TPSA) is 95.0 Å². The Hall–Kier alpha value is -1.41. The molecule has 2 unspecified atom stereocenters. The summed E-state index contributed by atoms with van der Waals surface area (Å²) >= 11 is 12.1. The molecular formula is C41H66Cl4N6O4. The number of hydrogen-bond donors (Lipinski definition) is 3. The number of amides is 1. The molecule has 4 atom stereocenters. The van der Waals surface area contributed by atoms with Crippen LogP contribution in [0.15, 0.2) is 48.5 Å². The highest BCUT2D eigenvalue weighted by atomic mass is 35.5. The smallest absolute Gasteiger partial charge is 0.410 e. The number of benzene rings is 2. The SMILES string of the molecule is CN1CC(Cc2ccc(Cl)cc2)N(C2CCN(C(=O)OC(C)(C)C)CC2)C[C@@H]1CO.CN1CC(Cc2ccc(Cl)cc2)N(C2CCNCC2)C[C@@H]1CO.Cl.Cl. The Bertz CT molecular complexity index is 1410. The van der Waals surface area contributed by atoms with Gasteiger partial charge in [-0.2, -0.15) is 0 Å². The van der Waals surface area contributed by atoms with E-state index in [9.17, 15) is 15.0 Å². The van der Waals surface area contributed by atoms with Crippen LogP contribution in [0.5, 0.6) is 0 Å². The molecule has 0 radical (unpaired) electrons. The number of likely N-dealkylation sites (tertiary alicyclic amines) is 1.